The van der Waals surface area contributed by atoms with Crippen LogP contribution < -0.4 is 0 Å². The number of hydrogen-bond donors (Lipinski definition) is 0. The van der Waals surface area contributed by atoms with E-state index in [0.717, 1.165) is 12.3 Å². The maximum absolute atomic E-state index is 12.1. The Morgan fingerprint density at radius 2 is 2.14 bits per heavy atom. The van der Waals surface area contributed by atoms with E-state index in [0.29, 0.717) is 11.9 Å². The molecule has 1 rings (SSSR count). The van der Waals surface area contributed by atoms with Gasteiger partial charge in [0.2, 0.25) is 5.91 Å². The zero-order valence-electron chi connectivity index (χ0n) is 9.67. The van der Waals surface area contributed by atoms with E-state index >= 15 is 0 Å². The first kappa shape index (κ1) is 11.9. The second kappa shape index (κ2) is 4.56. The molecule has 14 heavy (non-hydrogen) atoms. The molecule has 1 aliphatic heterocycles. The molecule has 0 saturated carbocycles. The average Bonchev–Trinajstić information content (AvgIpc) is 2.50. The van der Waals surface area contributed by atoms with Gasteiger partial charge in [0.25, 0.3) is 0 Å². The first-order valence-electron chi connectivity index (χ1n) is 5.27. The summed E-state index contributed by atoms with van der Waals surface area (Å²) >= 11 is 1.84. The Hall–Kier alpha value is -0.180. The number of nitrogens with zero attached hydrogens (tertiary/aromatic N) is 1. The Kier molecular flexibility index (Phi) is 3.87. The van der Waals surface area contributed by atoms with Crippen molar-refractivity contribution in [3.8, 4) is 0 Å². The van der Waals surface area contributed by atoms with E-state index in [9.17, 15) is 4.79 Å². The van der Waals surface area contributed by atoms with Crippen LogP contribution in [-0.2, 0) is 4.79 Å². The van der Waals surface area contributed by atoms with Crippen LogP contribution in [0.2, 0.25) is 0 Å². The molecule has 0 bridgehead atoms. The summed E-state index contributed by atoms with van der Waals surface area (Å²) in [6.07, 6.45) is 4.47. The monoisotopic (exact) mass is 215 g/mol. The van der Waals surface area contributed by atoms with Crippen molar-refractivity contribution in [1.29, 1.82) is 0 Å². The summed E-state index contributed by atoms with van der Waals surface area (Å²) in [4.78, 5) is 14.1. The Labute approximate surface area is 91.4 Å². The van der Waals surface area contributed by atoms with Crippen molar-refractivity contribution in [2.45, 2.75) is 39.7 Å². The van der Waals surface area contributed by atoms with E-state index in [1.807, 2.05) is 32.5 Å². The SMILES string of the molecule is CSC[C@@H]1CCCN1C(=O)C(C)(C)C. The van der Waals surface area contributed by atoms with Gasteiger partial charge in [0, 0.05) is 23.8 Å². The van der Waals surface area contributed by atoms with Crippen LogP contribution >= 0.6 is 11.8 Å². The van der Waals surface area contributed by atoms with Gasteiger partial charge >= 0.3 is 0 Å². The molecule has 0 aromatic carbocycles. The van der Waals surface area contributed by atoms with Crippen molar-refractivity contribution >= 4 is 17.7 Å². The van der Waals surface area contributed by atoms with Gasteiger partial charge in [-0.1, -0.05) is 20.8 Å². The minimum Gasteiger partial charge on any atom is -0.338 e. The molecule has 0 N–H and O–H groups in total. The van der Waals surface area contributed by atoms with Gasteiger partial charge in [-0.15, -0.1) is 0 Å². The summed E-state index contributed by atoms with van der Waals surface area (Å²) in [7, 11) is 0. The molecule has 0 spiro atoms. The summed E-state index contributed by atoms with van der Waals surface area (Å²) in [5, 5.41) is 0. The smallest absolute Gasteiger partial charge is 0.228 e. The lowest BCUT2D eigenvalue weighted by atomic mass is 9.94. The van der Waals surface area contributed by atoms with Crippen molar-refractivity contribution in [1.82, 2.24) is 4.90 Å². The summed E-state index contributed by atoms with van der Waals surface area (Å²) in [5.74, 6) is 1.40. The predicted octanol–water partition coefficient (Wildman–Crippen LogP) is 2.39. The molecule has 1 saturated heterocycles. The maximum atomic E-state index is 12.1. The first-order chi connectivity index (χ1) is 6.46. The lowest BCUT2D eigenvalue weighted by Gasteiger charge is -2.30. The lowest BCUT2D eigenvalue weighted by Crippen LogP contribution is -2.43. The molecular formula is C11H21NOS. The van der Waals surface area contributed by atoms with E-state index in [4.69, 9.17) is 0 Å². The Morgan fingerprint density at radius 1 is 1.50 bits per heavy atom. The van der Waals surface area contributed by atoms with Gasteiger partial charge in [-0.05, 0) is 19.1 Å². The zero-order valence-corrected chi connectivity index (χ0v) is 10.5. The molecule has 0 aliphatic carbocycles. The summed E-state index contributed by atoms with van der Waals surface area (Å²) < 4.78 is 0. The van der Waals surface area contributed by atoms with E-state index in [-0.39, 0.29) is 5.41 Å². The molecule has 2 nitrogen and oxygen atoms in total. The maximum Gasteiger partial charge on any atom is 0.228 e. The molecule has 0 aromatic rings. The third kappa shape index (κ3) is 2.66. The van der Waals surface area contributed by atoms with Crippen LogP contribution in [0.4, 0.5) is 0 Å². The van der Waals surface area contributed by atoms with Crippen LogP contribution in [0.25, 0.3) is 0 Å². The highest BCUT2D eigenvalue weighted by Crippen LogP contribution is 2.26. The molecule has 1 atom stereocenters. The number of carbonyl (C=O) groups is 1. The molecule has 0 unspecified atom stereocenters. The molecule has 3 heteroatoms. The van der Waals surface area contributed by atoms with Crippen LogP contribution in [0, 0.1) is 5.41 Å². The van der Waals surface area contributed by atoms with Crippen molar-refractivity contribution < 1.29 is 4.79 Å². The van der Waals surface area contributed by atoms with Crippen molar-refractivity contribution in [3.05, 3.63) is 0 Å². The fraction of sp³-hybridized carbons (Fsp3) is 0.909. The van der Waals surface area contributed by atoms with Crippen LogP contribution in [0.3, 0.4) is 0 Å². The van der Waals surface area contributed by atoms with Crippen molar-refractivity contribution in [3.63, 3.8) is 0 Å². The molecule has 1 fully saturated rings. The highest BCUT2D eigenvalue weighted by Gasteiger charge is 2.34. The third-order valence-electron chi connectivity index (χ3n) is 2.64. The largest absolute Gasteiger partial charge is 0.338 e. The molecule has 1 heterocycles. The Morgan fingerprint density at radius 3 is 2.64 bits per heavy atom. The number of carbonyl (C=O) groups excluding carboxylic acids is 1. The predicted molar refractivity (Wildman–Crippen MR) is 62.6 cm³/mol. The van der Waals surface area contributed by atoms with Gasteiger partial charge in [0.05, 0.1) is 0 Å². The number of thioether (sulfide) groups is 1. The molecule has 1 aliphatic rings. The van der Waals surface area contributed by atoms with Gasteiger partial charge in [0.1, 0.15) is 0 Å². The third-order valence-corrected chi connectivity index (χ3v) is 3.36. The number of hydrogen-bond acceptors (Lipinski definition) is 2. The normalized spacial score (nSPS) is 22.9. The molecule has 0 aromatic heterocycles. The minimum absolute atomic E-state index is 0.221. The van der Waals surface area contributed by atoms with Gasteiger partial charge in [-0.2, -0.15) is 11.8 Å². The number of rotatable bonds is 2. The standard InChI is InChI=1S/C11H21NOS/c1-11(2,3)10(13)12-7-5-6-9(12)8-14-4/h9H,5-8H2,1-4H3/t9-/m0/s1. The Balaban J connectivity index is 2.62. The number of likely N-dealkylation sites (tertiary alicyclic amines) is 1. The van der Waals surface area contributed by atoms with Crippen LogP contribution in [0.15, 0.2) is 0 Å². The topological polar surface area (TPSA) is 20.3 Å². The van der Waals surface area contributed by atoms with E-state index in [1.165, 1.54) is 12.8 Å². The summed E-state index contributed by atoms with van der Waals surface area (Å²) in [6.45, 7) is 6.97. The zero-order chi connectivity index (χ0) is 10.8. The van der Waals surface area contributed by atoms with Gasteiger partial charge in [-0.25, -0.2) is 0 Å². The second-order valence-electron chi connectivity index (χ2n) is 5.00. The molecule has 1 amide bonds. The minimum atomic E-state index is -0.221. The van der Waals surface area contributed by atoms with Crippen LogP contribution in [-0.4, -0.2) is 35.4 Å². The van der Waals surface area contributed by atoms with Gasteiger partial charge in [-0.3, -0.25) is 4.79 Å². The summed E-state index contributed by atoms with van der Waals surface area (Å²) in [6, 6.07) is 0.483. The fourth-order valence-electron chi connectivity index (χ4n) is 1.90. The van der Waals surface area contributed by atoms with E-state index in [2.05, 4.69) is 11.2 Å². The van der Waals surface area contributed by atoms with Crippen LogP contribution in [0.1, 0.15) is 33.6 Å². The van der Waals surface area contributed by atoms with Gasteiger partial charge in [0.15, 0.2) is 0 Å². The molecular weight excluding hydrogens is 194 g/mol. The highest BCUT2D eigenvalue weighted by atomic mass is 32.2. The molecule has 0 radical (unpaired) electrons. The lowest BCUT2D eigenvalue weighted by molar-refractivity contribution is -0.139. The van der Waals surface area contributed by atoms with Crippen molar-refractivity contribution in [2.75, 3.05) is 18.6 Å². The number of amides is 1. The fourth-order valence-corrected chi connectivity index (χ4v) is 2.63. The average molecular weight is 215 g/mol. The summed E-state index contributed by atoms with van der Waals surface area (Å²) in [5.41, 5.74) is -0.221. The highest BCUT2D eigenvalue weighted by molar-refractivity contribution is 7.98. The van der Waals surface area contributed by atoms with E-state index < -0.39 is 0 Å². The van der Waals surface area contributed by atoms with Crippen LogP contribution in [0.5, 0.6) is 0 Å². The van der Waals surface area contributed by atoms with Gasteiger partial charge < -0.3 is 4.90 Å². The second-order valence-corrected chi connectivity index (χ2v) is 5.91. The first-order valence-corrected chi connectivity index (χ1v) is 6.66. The quantitative estimate of drug-likeness (QED) is 0.705. The Bertz CT molecular complexity index is 210. The van der Waals surface area contributed by atoms with E-state index in [1.54, 1.807) is 0 Å². The van der Waals surface area contributed by atoms with Crippen molar-refractivity contribution in [2.24, 2.45) is 5.41 Å². The molecule has 82 valence electrons.